The van der Waals surface area contributed by atoms with Crippen LogP contribution in [0.4, 0.5) is 13.2 Å². The molecule has 2 aliphatic rings. The van der Waals surface area contributed by atoms with E-state index in [-0.39, 0.29) is 29.7 Å². The lowest BCUT2D eigenvalue weighted by atomic mass is 9.68. The summed E-state index contributed by atoms with van der Waals surface area (Å²) in [6.45, 7) is 5.85. The van der Waals surface area contributed by atoms with Crippen molar-refractivity contribution in [2.75, 3.05) is 6.61 Å². The van der Waals surface area contributed by atoms with Gasteiger partial charge in [-0.15, -0.1) is 6.58 Å². The summed E-state index contributed by atoms with van der Waals surface area (Å²) >= 11 is 0. The smallest absolute Gasteiger partial charge is 0.201 e. The van der Waals surface area contributed by atoms with E-state index in [1.165, 1.54) is 57.1 Å². The molecule has 0 radical (unpaired) electrons. The van der Waals surface area contributed by atoms with Crippen molar-refractivity contribution in [2.45, 2.75) is 77.0 Å². The van der Waals surface area contributed by atoms with Crippen molar-refractivity contribution < 1.29 is 17.9 Å². The van der Waals surface area contributed by atoms with E-state index in [0.717, 1.165) is 53.7 Å². The lowest BCUT2D eigenvalue weighted by Gasteiger charge is -2.38. The number of halogens is 3. The van der Waals surface area contributed by atoms with Crippen molar-refractivity contribution in [2.24, 2.45) is 17.8 Å². The van der Waals surface area contributed by atoms with Gasteiger partial charge in [-0.3, -0.25) is 0 Å². The first-order valence-electron chi connectivity index (χ1n) is 15.1. The Hall–Kier alpha value is -3.01. The van der Waals surface area contributed by atoms with E-state index >= 15 is 4.39 Å². The van der Waals surface area contributed by atoms with Crippen molar-refractivity contribution in [3.05, 3.63) is 90.3 Å². The summed E-state index contributed by atoms with van der Waals surface area (Å²) in [7, 11) is 0. The van der Waals surface area contributed by atoms with E-state index in [2.05, 4.69) is 6.58 Å². The predicted molar refractivity (Wildman–Crippen MR) is 158 cm³/mol. The zero-order valence-corrected chi connectivity index (χ0v) is 23.6. The van der Waals surface area contributed by atoms with Crippen LogP contribution in [-0.4, -0.2) is 6.61 Å². The highest BCUT2D eigenvalue weighted by atomic mass is 19.2. The van der Waals surface area contributed by atoms with Gasteiger partial charge in [-0.1, -0.05) is 55.3 Å². The van der Waals surface area contributed by atoms with Gasteiger partial charge >= 0.3 is 0 Å². The second kappa shape index (κ2) is 13.1. The number of rotatable bonds is 9. The minimum atomic E-state index is -0.984. The molecule has 5 rings (SSSR count). The Balaban J connectivity index is 1.20. The van der Waals surface area contributed by atoms with Crippen LogP contribution < -0.4 is 4.74 Å². The molecular weight excluding hydrogens is 505 g/mol. The Labute approximate surface area is 237 Å². The van der Waals surface area contributed by atoms with Crippen LogP contribution in [0.3, 0.4) is 0 Å². The standard InChI is InChI=1S/C36H41F3O/c1-3-5-6-24-7-9-25(10-8-24)26-11-15-28(16-12-26)31-20-19-30(23-33(31)37)27-13-17-29(18-14-27)32-21-22-34(40-4-2)36(39)35(32)38/h3,13-14,17-26,28H,1,4-12,15-16H2,2H3. The van der Waals surface area contributed by atoms with E-state index in [4.69, 9.17) is 4.74 Å². The molecule has 0 atom stereocenters. The van der Waals surface area contributed by atoms with Crippen molar-refractivity contribution in [1.82, 2.24) is 0 Å². The highest BCUT2D eigenvalue weighted by molar-refractivity contribution is 5.71. The molecule has 0 amide bonds. The maximum atomic E-state index is 15.3. The lowest BCUT2D eigenvalue weighted by molar-refractivity contribution is 0.156. The molecule has 2 aliphatic carbocycles. The average Bonchev–Trinajstić information content (AvgIpc) is 2.99. The summed E-state index contributed by atoms with van der Waals surface area (Å²) in [6.07, 6.45) is 14.5. The van der Waals surface area contributed by atoms with Gasteiger partial charge in [0, 0.05) is 5.56 Å². The van der Waals surface area contributed by atoms with Crippen LogP contribution in [0.25, 0.3) is 22.3 Å². The second-order valence-corrected chi connectivity index (χ2v) is 11.7. The van der Waals surface area contributed by atoms with Crippen LogP contribution in [0.5, 0.6) is 5.75 Å². The van der Waals surface area contributed by atoms with Crippen molar-refractivity contribution in [3.8, 4) is 28.0 Å². The number of benzene rings is 3. The number of ether oxygens (including phenoxy) is 1. The highest BCUT2D eigenvalue weighted by Crippen LogP contribution is 2.45. The van der Waals surface area contributed by atoms with Gasteiger partial charge in [-0.05, 0) is 122 Å². The van der Waals surface area contributed by atoms with Gasteiger partial charge in [0.1, 0.15) is 5.82 Å². The molecule has 3 aromatic rings. The maximum Gasteiger partial charge on any atom is 0.201 e. The van der Waals surface area contributed by atoms with Crippen molar-refractivity contribution in [1.29, 1.82) is 0 Å². The summed E-state index contributed by atoms with van der Waals surface area (Å²) in [5, 5.41) is 0. The third-order valence-electron chi connectivity index (χ3n) is 9.43. The fourth-order valence-electron chi connectivity index (χ4n) is 7.11. The largest absolute Gasteiger partial charge is 0.491 e. The van der Waals surface area contributed by atoms with Gasteiger partial charge in [-0.25, -0.2) is 8.78 Å². The third-order valence-corrected chi connectivity index (χ3v) is 9.43. The Kier molecular flexibility index (Phi) is 9.34. The molecule has 3 aromatic carbocycles. The zero-order valence-electron chi connectivity index (χ0n) is 23.6. The second-order valence-electron chi connectivity index (χ2n) is 11.7. The van der Waals surface area contributed by atoms with E-state index in [0.29, 0.717) is 5.56 Å². The quantitative estimate of drug-likeness (QED) is 0.243. The van der Waals surface area contributed by atoms with Crippen molar-refractivity contribution >= 4 is 0 Å². The molecule has 0 bridgehead atoms. The van der Waals surface area contributed by atoms with E-state index in [9.17, 15) is 8.78 Å². The Bertz CT molecular complexity index is 1280. The molecule has 0 aliphatic heterocycles. The number of hydrogen-bond acceptors (Lipinski definition) is 1. The Morgan fingerprint density at radius 1 is 0.750 bits per heavy atom. The summed E-state index contributed by atoms with van der Waals surface area (Å²) < 4.78 is 49.5. The molecule has 1 nitrogen and oxygen atoms in total. The summed E-state index contributed by atoms with van der Waals surface area (Å²) in [4.78, 5) is 0. The average molecular weight is 547 g/mol. The molecule has 0 N–H and O–H groups in total. The lowest BCUT2D eigenvalue weighted by Crippen LogP contribution is -2.25. The fourth-order valence-corrected chi connectivity index (χ4v) is 7.11. The van der Waals surface area contributed by atoms with Crippen LogP contribution in [0.1, 0.15) is 82.6 Å². The molecule has 0 unspecified atom stereocenters. The van der Waals surface area contributed by atoms with E-state index in [1.54, 1.807) is 25.1 Å². The molecular formula is C36H41F3O. The first kappa shape index (κ1) is 28.5. The maximum absolute atomic E-state index is 15.3. The monoisotopic (exact) mass is 546 g/mol. The minimum Gasteiger partial charge on any atom is -0.491 e. The van der Waals surface area contributed by atoms with Gasteiger partial charge in [0.05, 0.1) is 6.61 Å². The normalized spacial score (nSPS) is 23.1. The van der Waals surface area contributed by atoms with Crippen LogP contribution in [0, 0.1) is 35.2 Å². The zero-order chi connectivity index (χ0) is 28.1. The Morgan fingerprint density at radius 3 is 2.00 bits per heavy atom. The van der Waals surface area contributed by atoms with E-state index < -0.39 is 11.6 Å². The van der Waals surface area contributed by atoms with Gasteiger partial charge in [0.2, 0.25) is 5.82 Å². The van der Waals surface area contributed by atoms with Gasteiger partial charge in [0.25, 0.3) is 0 Å². The van der Waals surface area contributed by atoms with Gasteiger partial charge in [-0.2, -0.15) is 4.39 Å². The number of allylic oxidation sites excluding steroid dienone is 1. The predicted octanol–water partition coefficient (Wildman–Crippen LogP) is 10.9. The van der Waals surface area contributed by atoms with Crippen LogP contribution in [0.2, 0.25) is 0 Å². The topological polar surface area (TPSA) is 9.23 Å². The molecule has 0 saturated heterocycles. The van der Waals surface area contributed by atoms with Crippen molar-refractivity contribution in [3.63, 3.8) is 0 Å². The minimum absolute atomic E-state index is 0.0912. The first-order chi connectivity index (χ1) is 19.5. The summed E-state index contributed by atoms with van der Waals surface area (Å²) in [5.74, 6) is 0.662. The van der Waals surface area contributed by atoms with Crippen LogP contribution in [-0.2, 0) is 0 Å². The summed E-state index contributed by atoms with van der Waals surface area (Å²) in [6, 6.07) is 15.7. The molecule has 2 saturated carbocycles. The SMILES string of the molecule is C=CCCC1CCC(C2CCC(c3ccc(-c4ccc(-c5ccc(OCC)c(F)c5F)cc4)cc3F)CC2)CC1. The molecule has 0 aromatic heterocycles. The number of hydrogen-bond donors (Lipinski definition) is 0. The van der Waals surface area contributed by atoms with Gasteiger partial charge < -0.3 is 4.74 Å². The molecule has 0 spiro atoms. The van der Waals surface area contributed by atoms with Crippen LogP contribution >= 0.6 is 0 Å². The van der Waals surface area contributed by atoms with E-state index in [1.807, 2.05) is 30.3 Å². The summed E-state index contributed by atoms with van der Waals surface area (Å²) in [5.41, 5.74) is 3.19. The third kappa shape index (κ3) is 6.32. The molecule has 40 heavy (non-hydrogen) atoms. The Morgan fingerprint density at radius 2 is 1.38 bits per heavy atom. The van der Waals surface area contributed by atoms with Gasteiger partial charge in [0.15, 0.2) is 11.6 Å². The molecule has 4 heteroatoms. The fraction of sp³-hybridized carbons (Fsp3) is 0.444. The molecule has 2 fully saturated rings. The van der Waals surface area contributed by atoms with Crippen LogP contribution in [0.15, 0.2) is 67.3 Å². The molecule has 0 heterocycles. The first-order valence-corrected chi connectivity index (χ1v) is 15.1. The highest BCUT2D eigenvalue weighted by Gasteiger charge is 2.32. The molecule has 212 valence electrons.